The molecule has 1 aliphatic rings. The van der Waals surface area contributed by atoms with E-state index in [0.717, 1.165) is 5.56 Å². The molecule has 1 amide bonds. The molecule has 3 rings (SSSR count). The number of carbonyl (C=O) groups excluding carboxylic acids is 2. The number of nitrogens with one attached hydrogen (secondary N) is 1. The Hall–Kier alpha value is -2.75. The molecule has 8 nitrogen and oxygen atoms in total. The molecule has 160 valence electrons. The van der Waals surface area contributed by atoms with Gasteiger partial charge in [0, 0.05) is 31.9 Å². The second-order valence-corrected chi connectivity index (χ2v) is 9.16. The summed E-state index contributed by atoms with van der Waals surface area (Å²) in [6.07, 6.45) is 0. The Balaban J connectivity index is 1.61. The minimum atomic E-state index is -3.70. The summed E-state index contributed by atoms with van der Waals surface area (Å²) in [5.41, 5.74) is 1.74. The van der Waals surface area contributed by atoms with Gasteiger partial charge in [0.15, 0.2) is 6.61 Å². The van der Waals surface area contributed by atoms with Crippen molar-refractivity contribution in [1.29, 1.82) is 0 Å². The molecule has 9 heteroatoms. The highest BCUT2D eigenvalue weighted by atomic mass is 32.2. The number of nitrogens with zero attached hydrogens (tertiary/aromatic N) is 2. The average molecular weight is 432 g/mol. The number of benzene rings is 2. The molecule has 1 fully saturated rings. The van der Waals surface area contributed by atoms with Crippen LogP contribution in [0.25, 0.3) is 0 Å². The summed E-state index contributed by atoms with van der Waals surface area (Å²) in [5, 5.41) is 2.64. The van der Waals surface area contributed by atoms with Crippen LogP contribution < -0.4 is 5.32 Å². The first-order chi connectivity index (χ1) is 14.3. The van der Waals surface area contributed by atoms with Gasteiger partial charge in [0.25, 0.3) is 5.91 Å². The number of carbonyl (C=O) groups is 2. The molecule has 0 saturated carbocycles. The molecule has 0 unspecified atom stereocenters. The number of piperazine rings is 1. The maximum Gasteiger partial charge on any atom is 0.338 e. The summed E-state index contributed by atoms with van der Waals surface area (Å²) < 4.78 is 32.2. The maximum absolute atomic E-state index is 12.9. The Morgan fingerprint density at radius 1 is 1.03 bits per heavy atom. The van der Waals surface area contributed by atoms with Crippen LogP contribution in [0.2, 0.25) is 0 Å². The number of rotatable bonds is 6. The van der Waals surface area contributed by atoms with Crippen LogP contribution in [0.4, 0.5) is 5.69 Å². The fourth-order valence-electron chi connectivity index (χ4n) is 3.01. The van der Waals surface area contributed by atoms with Crippen molar-refractivity contribution in [3.8, 4) is 0 Å². The van der Waals surface area contributed by atoms with Crippen LogP contribution in [0.15, 0.2) is 53.4 Å². The first kappa shape index (κ1) is 21.9. The first-order valence-corrected chi connectivity index (χ1v) is 11.0. The minimum Gasteiger partial charge on any atom is -0.452 e. The zero-order valence-electron chi connectivity index (χ0n) is 17.0. The number of amides is 1. The zero-order chi connectivity index (χ0) is 21.7. The topological polar surface area (TPSA) is 96.0 Å². The van der Waals surface area contributed by atoms with Gasteiger partial charge in [0.05, 0.1) is 10.5 Å². The van der Waals surface area contributed by atoms with Gasteiger partial charge in [0.1, 0.15) is 0 Å². The number of anilines is 1. The second kappa shape index (κ2) is 9.38. The molecule has 2 aromatic rings. The van der Waals surface area contributed by atoms with Crippen molar-refractivity contribution in [3.63, 3.8) is 0 Å². The van der Waals surface area contributed by atoms with E-state index >= 15 is 0 Å². The van der Waals surface area contributed by atoms with E-state index in [4.69, 9.17) is 4.74 Å². The summed E-state index contributed by atoms with van der Waals surface area (Å²) in [7, 11) is -1.76. The van der Waals surface area contributed by atoms with Crippen molar-refractivity contribution >= 4 is 27.6 Å². The standard InChI is InChI=1S/C21H25N3O5S/c1-16-6-8-18(9-7-16)22-20(25)15-29-21(26)17-4-3-5-19(14-17)30(27,28)24-12-10-23(2)11-13-24/h3-9,14H,10-13,15H2,1-2H3,(H,22,25). The molecule has 0 bridgehead atoms. The van der Waals surface area contributed by atoms with Crippen LogP contribution in [-0.4, -0.2) is 69.3 Å². The minimum absolute atomic E-state index is 0.0330. The Bertz CT molecular complexity index is 1010. The molecule has 0 aliphatic carbocycles. The Kier molecular flexibility index (Phi) is 6.86. The fraction of sp³-hybridized carbons (Fsp3) is 0.333. The summed E-state index contributed by atoms with van der Waals surface area (Å²) in [4.78, 5) is 26.4. The Morgan fingerprint density at radius 2 is 1.70 bits per heavy atom. The summed E-state index contributed by atoms with van der Waals surface area (Å²) >= 11 is 0. The lowest BCUT2D eigenvalue weighted by molar-refractivity contribution is -0.119. The second-order valence-electron chi connectivity index (χ2n) is 7.23. The highest BCUT2D eigenvalue weighted by Crippen LogP contribution is 2.19. The normalized spacial score (nSPS) is 15.5. The molecule has 0 radical (unpaired) electrons. The number of aryl methyl sites for hydroxylation is 1. The third-order valence-corrected chi connectivity index (χ3v) is 6.73. The van der Waals surface area contributed by atoms with Crippen molar-refractivity contribution in [3.05, 3.63) is 59.7 Å². The van der Waals surface area contributed by atoms with Gasteiger partial charge in [-0.1, -0.05) is 23.8 Å². The van der Waals surface area contributed by atoms with E-state index in [9.17, 15) is 18.0 Å². The smallest absolute Gasteiger partial charge is 0.338 e. The number of hydrogen-bond acceptors (Lipinski definition) is 6. The lowest BCUT2D eigenvalue weighted by atomic mass is 10.2. The number of hydrogen-bond donors (Lipinski definition) is 1. The van der Waals surface area contributed by atoms with Gasteiger partial charge in [-0.2, -0.15) is 4.31 Å². The van der Waals surface area contributed by atoms with Crippen molar-refractivity contribution in [2.24, 2.45) is 0 Å². The molecule has 2 aromatic carbocycles. The van der Waals surface area contributed by atoms with E-state index in [-0.39, 0.29) is 10.5 Å². The molecule has 1 saturated heterocycles. The number of sulfonamides is 1. The van der Waals surface area contributed by atoms with Gasteiger partial charge in [-0.3, -0.25) is 4.79 Å². The van der Waals surface area contributed by atoms with Crippen LogP contribution in [-0.2, 0) is 19.6 Å². The molecule has 0 atom stereocenters. The Morgan fingerprint density at radius 3 is 2.37 bits per heavy atom. The summed E-state index contributed by atoms with van der Waals surface area (Å²) in [6.45, 7) is 3.56. The SMILES string of the molecule is Cc1ccc(NC(=O)COC(=O)c2cccc(S(=O)(=O)N3CCN(C)CC3)c2)cc1. The molecule has 1 N–H and O–H groups in total. The molecule has 1 aliphatic heterocycles. The van der Waals surface area contributed by atoms with Gasteiger partial charge in [-0.05, 0) is 44.3 Å². The highest BCUT2D eigenvalue weighted by molar-refractivity contribution is 7.89. The number of likely N-dealkylation sites (N-methyl/N-ethyl adjacent to an activating group) is 1. The molecule has 30 heavy (non-hydrogen) atoms. The third-order valence-electron chi connectivity index (χ3n) is 4.84. The molecule has 1 heterocycles. The largest absolute Gasteiger partial charge is 0.452 e. The molecular formula is C21H25N3O5S. The Labute approximate surface area is 176 Å². The van der Waals surface area contributed by atoms with Crippen LogP contribution in [0, 0.1) is 6.92 Å². The van der Waals surface area contributed by atoms with E-state index in [0.29, 0.717) is 31.9 Å². The van der Waals surface area contributed by atoms with Crippen molar-refractivity contribution in [1.82, 2.24) is 9.21 Å². The lowest BCUT2D eigenvalue weighted by Gasteiger charge is -2.31. The molecule has 0 aromatic heterocycles. The monoisotopic (exact) mass is 431 g/mol. The van der Waals surface area contributed by atoms with E-state index in [1.807, 2.05) is 26.1 Å². The predicted octanol–water partition coefficient (Wildman–Crippen LogP) is 1.73. The van der Waals surface area contributed by atoms with E-state index in [2.05, 4.69) is 10.2 Å². The van der Waals surface area contributed by atoms with Gasteiger partial charge in [0.2, 0.25) is 10.0 Å². The maximum atomic E-state index is 12.9. The lowest BCUT2D eigenvalue weighted by Crippen LogP contribution is -2.47. The van der Waals surface area contributed by atoms with Crippen molar-refractivity contribution in [2.45, 2.75) is 11.8 Å². The van der Waals surface area contributed by atoms with Crippen LogP contribution in [0.1, 0.15) is 15.9 Å². The first-order valence-electron chi connectivity index (χ1n) is 9.58. The quantitative estimate of drug-likeness (QED) is 0.700. The van der Waals surface area contributed by atoms with Crippen LogP contribution >= 0.6 is 0 Å². The van der Waals surface area contributed by atoms with Crippen molar-refractivity contribution < 1.29 is 22.7 Å². The molecular weight excluding hydrogens is 406 g/mol. The van der Waals surface area contributed by atoms with Gasteiger partial charge >= 0.3 is 5.97 Å². The fourth-order valence-corrected chi connectivity index (χ4v) is 4.48. The highest BCUT2D eigenvalue weighted by Gasteiger charge is 2.28. The van der Waals surface area contributed by atoms with E-state index in [1.165, 1.54) is 28.6 Å². The average Bonchev–Trinajstić information content (AvgIpc) is 2.74. The third kappa shape index (κ3) is 5.44. The zero-order valence-corrected chi connectivity index (χ0v) is 17.8. The number of ether oxygens (including phenoxy) is 1. The summed E-state index contributed by atoms with van der Waals surface area (Å²) in [5.74, 6) is -1.24. The summed E-state index contributed by atoms with van der Waals surface area (Å²) in [6, 6.07) is 12.9. The predicted molar refractivity (Wildman–Crippen MR) is 113 cm³/mol. The van der Waals surface area contributed by atoms with Crippen LogP contribution in [0.5, 0.6) is 0 Å². The van der Waals surface area contributed by atoms with Crippen LogP contribution in [0.3, 0.4) is 0 Å². The van der Waals surface area contributed by atoms with Gasteiger partial charge in [-0.15, -0.1) is 0 Å². The molecule has 0 spiro atoms. The van der Waals surface area contributed by atoms with Gasteiger partial charge < -0.3 is 15.0 Å². The number of esters is 1. The van der Waals surface area contributed by atoms with Crippen molar-refractivity contribution in [2.75, 3.05) is 45.2 Å². The van der Waals surface area contributed by atoms with E-state index < -0.39 is 28.5 Å². The van der Waals surface area contributed by atoms with E-state index in [1.54, 1.807) is 12.1 Å². The van der Waals surface area contributed by atoms with Gasteiger partial charge in [-0.25, -0.2) is 13.2 Å².